The molecule has 3 fully saturated rings. The van der Waals surface area contributed by atoms with Crippen molar-refractivity contribution in [3.8, 4) is 0 Å². The van der Waals surface area contributed by atoms with Gasteiger partial charge in [0, 0.05) is 6.04 Å². The van der Waals surface area contributed by atoms with Gasteiger partial charge in [-0.15, -0.1) is 0 Å². The van der Waals surface area contributed by atoms with Gasteiger partial charge in [-0.3, -0.25) is 0 Å². The molecular formula is C8H13N. The van der Waals surface area contributed by atoms with Crippen molar-refractivity contribution in [2.75, 3.05) is 0 Å². The average Bonchev–Trinajstić information content (AvgIpc) is 1.79. The summed E-state index contributed by atoms with van der Waals surface area (Å²) < 4.78 is 0. The molecular weight excluding hydrogens is 110 g/mol. The summed E-state index contributed by atoms with van der Waals surface area (Å²) in [6.07, 6.45) is 4.38. The standard InChI is InChI=1S/C8H13N/c9-7-3-6-4-1-2-5(4)8(6)7/h4-8H,1-3,9H2/t4-,5+,6-,7-,8?/m1/s1. The smallest absolute Gasteiger partial charge is 0.00755 e. The van der Waals surface area contributed by atoms with Gasteiger partial charge in [0.15, 0.2) is 0 Å². The molecule has 0 aliphatic heterocycles. The highest BCUT2D eigenvalue weighted by molar-refractivity contribution is 5.13. The molecule has 0 aromatic carbocycles. The fourth-order valence-corrected chi connectivity index (χ4v) is 3.26. The van der Waals surface area contributed by atoms with Crippen molar-refractivity contribution in [3.63, 3.8) is 0 Å². The lowest BCUT2D eigenvalue weighted by atomic mass is 9.38. The quantitative estimate of drug-likeness (QED) is 0.510. The molecule has 0 radical (unpaired) electrons. The van der Waals surface area contributed by atoms with Gasteiger partial charge in [0.2, 0.25) is 0 Å². The van der Waals surface area contributed by atoms with Gasteiger partial charge in [-0.05, 0) is 42.9 Å². The fraction of sp³-hybridized carbons (Fsp3) is 1.00. The summed E-state index contributed by atoms with van der Waals surface area (Å²) in [5, 5.41) is 0. The minimum Gasteiger partial charge on any atom is -0.327 e. The van der Waals surface area contributed by atoms with E-state index in [1.54, 1.807) is 0 Å². The second-order valence-corrected chi connectivity index (χ2v) is 4.05. The zero-order valence-corrected chi connectivity index (χ0v) is 5.59. The van der Waals surface area contributed by atoms with Gasteiger partial charge in [0.05, 0.1) is 0 Å². The van der Waals surface area contributed by atoms with Crippen LogP contribution in [-0.4, -0.2) is 6.04 Å². The average molecular weight is 123 g/mol. The van der Waals surface area contributed by atoms with E-state index in [1.165, 1.54) is 19.3 Å². The first kappa shape index (κ1) is 4.73. The third-order valence-corrected chi connectivity index (χ3v) is 3.96. The SMILES string of the molecule is N[C@@H]1C[C@H]2C1[C@H]1CC[C@H]12. The molecule has 0 heterocycles. The second-order valence-electron chi connectivity index (χ2n) is 4.05. The zero-order valence-electron chi connectivity index (χ0n) is 5.59. The van der Waals surface area contributed by atoms with E-state index in [4.69, 9.17) is 5.73 Å². The molecule has 3 aliphatic rings. The van der Waals surface area contributed by atoms with Crippen LogP contribution in [0, 0.1) is 23.7 Å². The Labute approximate surface area is 55.6 Å². The number of hydrogen-bond acceptors (Lipinski definition) is 1. The van der Waals surface area contributed by atoms with Crippen LogP contribution in [0.1, 0.15) is 19.3 Å². The van der Waals surface area contributed by atoms with Gasteiger partial charge in [0.1, 0.15) is 0 Å². The summed E-state index contributed by atoms with van der Waals surface area (Å²) in [6.45, 7) is 0. The molecule has 0 aromatic rings. The highest BCUT2D eigenvalue weighted by atomic mass is 14.8. The fourth-order valence-electron chi connectivity index (χ4n) is 3.26. The molecule has 5 atom stereocenters. The maximum Gasteiger partial charge on any atom is 0.00755 e. The first-order valence-electron chi connectivity index (χ1n) is 4.13. The topological polar surface area (TPSA) is 26.0 Å². The van der Waals surface area contributed by atoms with Gasteiger partial charge in [0.25, 0.3) is 0 Å². The molecule has 1 heteroatoms. The van der Waals surface area contributed by atoms with Crippen LogP contribution < -0.4 is 5.73 Å². The molecule has 1 unspecified atom stereocenters. The summed E-state index contributed by atoms with van der Waals surface area (Å²) in [5.74, 6) is 4.33. The highest BCUT2D eigenvalue weighted by Gasteiger charge is 2.62. The van der Waals surface area contributed by atoms with E-state index in [1.807, 2.05) is 0 Å². The van der Waals surface area contributed by atoms with Gasteiger partial charge in [-0.25, -0.2) is 0 Å². The van der Waals surface area contributed by atoms with E-state index in [-0.39, 0.29) is 0 Å². The summed E-state index contributed by atoms with van der Waals surface area (Å²) in [7, 11) is 0. The van der Waals surface area contributed by atoms with Crippen LogP contribution in [0.4, 0.5) is 0 Å². The molecule has 1 nitrogen and oxygen atoms in total. The van der Waals surface area contributed by atoms with Gasteiger partial charge in [-0.1, -0.05) is 0 Å². The van der Waals surface area contributed by atoms with E-state index in [9.17, 15) is 0 Å². The van der Waals surface area contributed by atoms with E-state index in [0.717, 1.165) is 23.7 Å². The second kappa shape index (κ2) is 1.20. The molecule has 9 heavy (non-hydrogen) atoms. The third kappa shape index (κ3) is 0.337. The minimum atomic E-state index is 0.608. The number of rotatable bonds is 0. The van der Waals surface area contributed by atoms with Crippen LogP contribution >= 0.6 is 0 Å². The molecule has 0 amide bonds. The first-order valence-corrected chi connectivity index (χ1v) is 4.13. The largest absolute Gasteiger partial charge is 0.327 e. The monoisotopic (exact) mass is 123 g/mol. The summed E-state index contributed by atoms with van der Waals surface area (Å²) in [6, 6.07) is 0.608. The minimum absolute atomic E-state index is 0.608. The van der Waals surface area contributed by atoms with E-state index in [0.29, 0.717) is 6.04 Å². The predicted molar refractivity (Wildman–Crippen MR) is 35.8 cm³/mol. The molecule has 0 spiro atoms. The van der Waals surface area contributed by atoms with E-state index in [2.05, 4.69) is 0 Å². The number of nitrogens with two attached hydrogens (primary N) is 1. The van der Waals surface area contributed by atoms with Crippen LogP contribution in [0.5, 0.6) is 0 Å². The summed E-state index contributed by atoms with van der Waals surface area (Å²) in [4.78, 5) is 0. The lowest BCUT2D eigenvalue weighted by Crippen LogP contribution is -2.67. The summed E-state index contributed by atoms with van der Waals surface area (Å²) >= 11 is 0. The molecule has 3 aliphatic carbocycles. The van der Waals surface area contributed by atoms with Crippen LogP contribution in [0.2, 0.25) is 0 Å². The molecule has 0 saturated heterocycles. The summed E-state index contributed by atoms with van der Waals surface area (Å²) in [5.41, 5.74) is 5.85. The van der Waals surface area contributed by atoms with Gasteiger partial charge >= 0.3 is 0 Å². The zero-order chi connectivity index (χ0) is 6.01. The maximum atomic E-state index is 5.85. The number of fused-ring (bicyclic) bond motifs is 4. The van der Waals surface area contributed by atoms with Crippen LogP contribution in [0.25, 0.3) is 0 Å². The Morgan fingerprint density at radius 2 is 1.78 bits per heavy atom. The van der Waals surface area contributed by atoms with Crippen LogP contribution in [0.3, 0.4) is 0 Å². The molecule has 0 aromatic heterocycles. The Kier molecular flexibility index (Phi) is 0.628. The predicted octanol–water partition coefficient (Wildman–Crippen LogP) is 0.990. The molecule has 50 valence electrons. The van der Waals surface area contributed by atoms with Crippen molar-refractivity contribution >= 4 is 0 Å². The van der Waals surface area contributed by atoms with Crippen molar-refractivity contribution in [3.05, 3.63) is 0 Å². The molecule has 2 N–H and O–H groups in total. The first-order chi connectivity index (χ1) is 4.38. The Morgan fingerprint density at radius 1 is 1.00 bits per heavy atom. The van der Waals surface area contributed by atoms with E-state index < -0.39 is 0 Å². The maximum absolute atomic E-state index is 5.85. The Bertz CT molecular complexity index is 149. The molecule has 0 bridgehead atoms. The Morgan fingerprint density at radius 3 is 2.11 bits per heavy atom. The molecule has 3 rings (SSSR count). The van der Waals surface area contributed by atoms with E-state index >= 15 is 0 Å². The van der Waals surface area contributed by atoms with Gasteiger partial charge < -0.3 is 5.73 Å². The third-order valence-electron chi connectivity index (χ3n) is 3.96. The van der Waals surface area contributed by atoms with Crippen molar-refractivity contribution in [1.82, 2.24) is 0 Å². The lowest BCUT2D eigenvalue weighted by Gasteiger charge is -2.68. The van der Waals surface area contributed by atoms with Crippen LogP contribution in [-0.2, 0) is 0 Å². The van der Waals surface area contributed by atoms with Crippen molar-refractivity contribution < 1.29 is 0 Å². The Hall–Kier alpha value is -0.0400. The van der Waals surface area contributed by atoms with Crippen molar-refractivity contribution in [2.24, 2.45) is 29.4 Å². The number of hydrogen-bond donors (Lipinski definition) is 1. The lowest BCUT2D eigenvalue weighted by molar-refractivity contribution is -0.177. The Balaban J connectivity index is 1.82. The van der Waals surface area contributed by atoms with Crippen molar-refractivity contribution in [2.45, 2.75) is 25.3 Å². The van der Waals surface area contributed by atoms with Gasteiger partial charge in [-0.2, -0.15) is 0 Å². The highest BCUT2D eigenvalue weighted by Crippen LogP contribution is 2.66. The van der Waals surface area contributed by atoms with Crippen LogP contribution in [0.15, 0.2) is 0 Å². The molecule has 3 saturated carbocycles. The normalized spacial score (nSPS) is 68.3. The van der Waals surface area contributed by atoms with Crippen molar-refractivity contribution in [1.29, 1.82) is 0 Å².